The van der Waals surface area contributed by atoms with E-state index in [0.717, 1.165) is 73.5 Å². The number of carbonyl (C=O) groups is 2. The highest BCUT2D eigenvalue weighted by Crippen LogP contribution is 2.38. The van der Waals surface area contributed by atoms with E-state index in [1.54, 1.807) is 6.26 Å². The van der Waals surface area contributed by atoms with Crippen molar-refractivity contribution in [3.8, 4) is 5.75 Å². The number of aliphatic hydroxyl groups is 1. The molecule has 6 rings (SSSR count). The van der Waals surface area contributed by atoms with Crippen LogP contribution in [0.5, 0.6) is 5.75 Å². The molecule has 3 aliphatic rings. The van der Waals surface area contributed by atoms with E-state index >= 15 is 0 Å². The number of fused-ring (bicyclic) bond motifs is 2. The van der Waals surface area contributed by atoms with Crippen molar-refractivity contribution >= 4 is 22.6 Å². The predicted molar refractivity (Wildman–Crippen MR) is 166 cm³/mol. The summed E-state index contributed by atoms with van der Waals surface area (Å²) in [6, 6.07) is 7.57. The Labute approximate surface area is 254 Å². The standard InChI is InChI=1S/C35H47N3O5/c1-22-10-14-38(19-23(22)2)15-13-35(41)11-8-25(9-12-35)36-33(40)28-16-26-27(37-28)6-5-7-30(26)42-20-24-21-43-31-18-34(3,4)17-29(39)32(24)31/h5-7,16,21-23,25,37,41H,8-15,17-20H2,1-4H3,(H,36,40)/t22-,23-,25?,35?/m0/s1. The van der Waals surface area contributed by atoms with Crippen molar-refractivity contribution in [1.82, 2.24) is 15.2 Å². The zero-order valence-corrected chi connectivity index (χ0v) is 26.1. The summed E-state index contributed by atoms with van der Waals surface area (Å²) in [6.07, 6.45) is 7.87. The number of hydrogen-bond donors (Lipinski definition) is 3. The van der Waals surface area contributed by atoms with Crippen LogP contribution in [0.1, 0.15) is 105 Å². The highest BCUT2D eigenvalue weighted by molar-refractivity contribution is 6.00. The number of nitrogens with one attached hydrogen (secondary N) is 2. The Hall–Kier alpha value is -3.10. The molecule has 2 atom stereocenters. The van der Waals surface area contributed by atoms with E-state index < -0.39 is 5.60 Å². The molecule has 3 heterocycles. The fraction of sp³-hybridized carbons (Fsp3) is 0.600. The Bertz CT molecular complexity index is 1480. The summed E-state index contributed by atoms with van der Waals surface area (Å²) in [5.74, 6) is 2.83. The summed E-state index contributed by atoms with van der Waals surface area (Å²) in [5.41, 5.74) is 1.98. The maximum absolute atomic E-state index is 13.2. The van der Waals surface area contributed by atoms with Crippen molar-refractivity contribution in [1.29, 1.82) is 0 Å². The zero-order chi connectivity index (χ0) is 30.4. The van der Waals surface area contributed by atoms with Gasteiger partial charge in [-0.2, -0.15) is 0 Å². The third-order valence-corrected chi connectivity index (χ3v) is 10.3. The molecule has 1 amide bonds. The molecule has 232 valence electrons. The van der Waals surface area contributed by atoms with E-state index in [1.807, 2.05) is 24.3 Å². The summed E-state index contributed by atoms with van der Waals surface area (Å²) in [7, 11) is 0. The smallest absolute Gasteiger partial charge is 0.267 e. The van der Waals surface area contributed by atoms with Gasteiger partial charge in [0.15, 0.2) is 5.78 Å². The predicted octanol–water partition coefficient (Wildman–Crippen LogP) is 6.27. The van der Waals surface area contributed by atoms with Crippen LogP contribution in [-0.2, 0) is 13.0 Å². The lowest BCUT2D eigenvalue weighted by Crippen LogP contribution is -2.46. The second kappa shape index (κ2) is 11.8. The molecule has 2 fully saturated rings. The number of aromatic amines is 1. The molecule has 0 bridgehead atoms. The minimum atomic E-state index is -0.643. The molecule has 1 saturated heterocycles. The number of piperidine rings is 1. The maximum Gasteiger partial charge on any atom is 0.267 e. The number of likely N-dealkylation sites (tertiary alicyclic amines) is 1. The quantitative estimate of drug-likeness (QED) is 0.286. The van der Waals surface area contributed by atoms with Crippen LogP contribution < -0.4 is 10.1 Å². The van der Waals surface area contributed by atoms with E-state index in [1.165, 1.54) is 6.42 Å². The SMILES string of the molecule is C[C@H]1CCN(CCC2(O)CCC(NC(=O)c3cc4c(OCc5coc6c5C(=O)CC(C)(C)C6)cccc4[nH]3)CC2)C[C@@H]1C. The first-order valence-electron chi connectivity index (χ1n) is 16.1. The largest absolute Gasteiger partial charge is 0.488 e. The summed E-state index contributed by atoms with van der Waals surface area (Å²) in [4.78, 5) is 31.8. The number of Topliss-reactive ketones (excluding diaryl/α,β-unsaturated/α-hetero) is 1. The van der Waals surface area contributed by atoms with Crippen molar-refractivity contribution in [2.24, 2.45) is 17.3 Å². The highest BCUT2D eigenvalue weighted by Gasteiger charge is 2.36. The molecule has 0 spiro atoms. The van der Waals surface area contributed by atoms with Gasteiger partial charge in [-0.05, 0) is 80.5 Å². The van der Waals surface area contributed by atoms with Crippen LogP contribution in [0.15, 0.2) is 34.9 Å². The number of benzene rings is 1. The average Bonchev–Trinajstić information content (AvgIpc) is 3.58. The molecule has 3 aromatic rings. The van der Waals surface area contributed by atoms with E-state index in [-0.39, 0.29) is 29.8 Å². The maximum atomic E-state index is 13.2. The number of amides is 1. The third kappa shape index (κ3) is 6.55. The molecule has 8 nitrogen and oxygen atoms in total. The fourth-order valence-corrected chi connectivity index (χ4v) is 7.29. The van der Waals surface area contributed by atoms with Crippen LogP contribution in [0.3, 0.4) is 0 Å². The normalized spacial score (nSPS) is 27.7. The van der Waals surface area contributed by atoms with Crippen LogP contribution in [0, 0.1) is 17.3 Å². The van der Waals surface area contributed by atoms with Crippen LogP contribution >= 0.6 is 0 Å². The van der Waals surface area contributed by atoms with Gasteiger partial charge >= 0.3 is 0 Å². The van der Waals surface area contributed by atoms with Crippen LogP contribution in [-0.4, -0.2) is 58.0 Å². The minimum Gasteiger partial charge on any atom is -0.488 e. The van der Waals surface area contributed by atoms with Crippen molar-refractivity contribution in [2.45, 2.75) is 97.3 Å². The lowest BCUT2D eigenvalue weighted by atomic mass is 9.76. The number of ether oxygens (including phenoxy) is 1. The number of H-pyrrole nitrogens is 1. The van der Waals surface area contributed by atoms with E-state index in [9.17, 15) is 14.7 Å². The molecule has 1 aliphatic heterocycles. The van der Waals surface area contributed by atoms with Crippen molar-refractivity contribution in [3.63, 3.8) is 0 Å². The number of ketones is 1. The molecular formula is C35H47N3O5. The third-order valence-electron chi connectivity index (χ3n) is 10.3. The number of rotatable bonds is 8. The fourth-order valence-electron chi connectivity index (χ4n) is 7.29. The van der Waals surface area contributed by atoms with Crippen LogP contribution in [0.2, 0.25) is 0 Å². The molecule has 2 aromatic heterocycles. The van der Waals surface area contributed by atoms with E-state index in [4.69, 9.17) is 9.15 Å². The topological polar surface area (TPSA) is 108 Å². The van der Waals surface area contributed by atoms with Crippen LogP contribution in [0.4, 0.5) is 0 Å². The average molecular weight is 590 g/mol. The summed E-state index contributed by atoms with van der Waals surface area (Å²) < 4.78 is 11.9. The monoisotopic (exact) mass is 589 g/mol. The molecule has 1 saturated carbocycles. The Morgan fingerprint density at radius 3 is 2.72 bits per heavy atom. The number of hydrogen-bond acceptors (Lipinski definition) is 6. The van der Waals surface area contributed by atoms with Gasteiger partial charge in [0.2, 0.25) is 0 Å². The molecule has 1 aromatic carbocycles. The second-order valence-electron chi connectivity index (χ2n) is 14.5. The zero-order valence-electron chi connectivity index (χ0n) is 26.1. The lowest BCUT2D eigenvalue weighted by molar-refractivity contribution is -0.0216. The minimum absolute atomic E-state index is 0.0422. The van der Waals surface area contributed by atoms with Crippen molar-refractivity contribution < 1.29 is 23.8 Å². The van der Waals surface area contributed by atoms with E-state index in [2.05, 4.69) is 42.9 Å². The second-order valence-corrected chi connectivity index (χ2v) is 14.5. The van der Waals surface area contributed by atoms with Crippen molar-refractivity contribution in [2.75, 3.05) is 19.6 Å². The Kier molecular flexibility index (Phi) is 8.20. The molecular weight excluding hydrogens is 542 g/mol. The van der Waals surface area contributed by atoms with E-state index in [0.29, 0.717) is 42.2 Å². The molecule has 0 unspecified atom stereocenters. The van der Waals surface area contributed by atoms with Gasteiger partial charge in [-0.15, -0.1) is 0 Å². The number of carbonyl (C=O) groups excluding carboxylic acids is 2. The van der Waals surface area contributed by atoms with Crippen molar-refractivity contribution in [3.05, 3.63) is 53.1 Å². The molecule has 0 radical (unpaired) electrons. The summed E-state index contributed by atoms with van der Waals surface area (Å²) >= 11 is 0. The first-order chi connectivity index (χ1) is 20.5. The first kappa shape index (κ1) is 29.9. The Morgan fingerprint density at radius 1 is 1.16 bits per heavy atom. The van der Waals surface area contributed by atoms with Gasteiger partial charge in [0.1, 0.15) is 23.8 Å². The van der Waals surface area contributed by atoms with Gasteiger partial charge in [0.05, 0.1) is 17.4 Å². The number of nitrogens with zero attached hydrogens (tertiary/aromatic N) is 1. The first-order valence-corrected chi connectivity index (χ1v) is 16.1. The highest BCUT2D eigenvalue weighted by atomic mass is 16.5. The van der Waals surface area contributed by atoms with Gasteiger partial charge in [-0.3, -0.25) is 9.59 Å². The Balaban J connectivity index is 1.04. The van der Waals surface area contributed by atoms with Gasteiger partial charge in [0, 0.05) is 48.4 Å². The van der Waals surface area contributed by atoms with Gasteiger partial charge in [-0.25, -0.2) is 0 Å². The molecule has 43 heavy (non-hydrogen) atoms. The van der Waals surface area contributed by atoms with Gasteiger partial charge in [0.25, 0.3) is 5.91 Å². The van der Waals surface area contributed by atoms with Crippen LogP contribution in [0.25, 0.3) is 10.9 Å². The lowest BCUT2D eigenvalue weighted by Gasteiger charge is -2.40. The Morgan fingerprint density at radius 2 is 1.95 bits per heavy atom. The molecule has 3 N–H and O–H groups in total. The summed E-state index contributed by atoms with van der Waals surface area (Å²) in [6.45, 7) is 12.2. The number of furan rings is 1. The number of aromatic nitrogens is 1. The van der Waals surface area contributed by atoms with Gasteiger partial charge < -0.3 is 29.5 Å². The summed E-state index contributed by atoms with van der Waals surface area (Å²) in [5, 5.41) is 15.3. The molecule has 2 aliphatic carbocycles. The van der Waals surface area contributed by atoms with Gasteiger partial charge in [-0.1, -0.05) is 33.8 Å². The molecule has 8 heteroatoms.